The van der Waals surface area contributed by atoms with Gasteiger partial charge in [-0.1, -0.05) is 42.8 Å². The van der Waals surface area contributed by atoms with E-state index in [2.05, 4.69) is 5.32 Å². The van der Waals surface area contributed by atoms with Crippen LogP contribution in [0.3, 0.4) is 0 Å². The van der Waals surface area contributed by atoms with Gasteiger partial charge in [0, 0.05) is 31.2 Å². The Bertz CT molecular complexity index is 755. The molecule has 0 saturated heterocycles. The smallest absolute Gasteiger partial charge is 0.181 e. The number of benzene rings is 2. The summed E-state index contributed by atoms with van der Waals surface area (Å²) >= 11 is 6.16. The topological polar surface area (TPSA) is 47.6 Å². The lowest BCUT2D eigenvalue weighted by molar-refractivity contribution is -0.123. The Kier molecular flexibility index (Phi) is 8.23. The van der Waals surface area contributed by atoms with Gasteiger partial charge < -0.3 is 14.8 Å². The van der Waals surface area contributed by atoms with Crippen LogP contribution in [0.5, 0.6) is 11.5 Å². The number of methoxy groups -OCH3 is 1. The van der Waals surface area contributed by atoms with Crippen molar-refractivity contribution in [3.63, 3.8) is 0 Å². The van der Waals surface area contributed by atoms with Gasteiger partial charge in [-0.25, -0.2) is 4.39 Å². The van der Waals surface area contributed by atoms with Gasteiger partial charge in [-0.3, -0.25) is 4.79 Å². The quantitative estimate of drug-likeness (QED) is 0.594. The van der Waals surface area contributed by atoms with Crippen LogP contribution in [0.4, 0.5) is 4.39 Å². The lowest BCUT2D eigenvalue weighted by Crippen LogP contribution is -2.33. The molecule has 0 aliphatic heterocycles. The van der Waals surface area contributed by atoms with Crippen LogP contribution < -0.4 is 10.1 Å². The normalized spacial score (nSPS) is 13.2. The zero-order valence-corrected chi connectivity index (χ0v) is 16.6. The second kappa shape index (κ2) is 10.4. The monoisotopic (exact) mass is 393 g/mol. The molecule has 6 heteroatoms. The summed E-state index contributed by atoms with van der Waals surface area (Å²) in [5.41, 5.74) is 0.457. The van der Waals surface area contributed by atoms with Crippen LogP contribution in [0, 0.1) is 5.82 Å². The number of carbonyl (C=O) groups excluding carboxylic acids is 1. The van der Waals surface area contributed by atoms with Crippen molar-refractivity contribution in [1.82, 2.24) is 5.32 Å². The summed E-state index contributed by atoms with van der Waals surface area (Å²) in [6.07, 6.45) is 0.957. The number of Topliss-reactive ketones (excluding diaryl/α,β-unsaturated/α-hetero) is 1. The van der Waals surface area contributed by atoms with Gasteiger partial charge in [-0.15, -0.1) is 0 Å². The molecule has 4 nitrogen and oxygen atoms in total. The molecular weight excluding hydrogens is 369 g/mol. The van der Waals surface area contributed by atoms with E-state index < -0.39 is 5.82 Å². The lowest BCUT2D eigenvalue weighted by Gasteiger charge is -2.24. The van der Waals surface area contributed by atoms with E-state index >= 15 is 4.39 Å². The molecule has 0 saturated carbocycles. The van der Waals surface area contributed by atoms with E-state index in [1.807, 2.05) is 19.9 Å². The second-order valence-corrected chi connectivity index (χ2v) is 6.81. The maximum absolute atomic E-state index is 15.2. The van der Waals surface area contributed by atoms with Crippen LogP contribution in [0.15, 0.2) is 42.5 Å². The first kappa shape index (κ1) is 21.4. The number of ketones is 1. The fourth-order valence-corrected chi connectivity index (χ4v) is 3.09. The number of nitrogens with one attached hydrogen (secondary N) is 1. The van der Waals surface area contributed by atoms with Gasteiger partial charge >= 0.3 is 0 Å². The largest absolute Gasteiger partial charge is 0.453 e. The maximum atomic E-state index is 15.2. The van der Waals surface area contributed by atoms with E-state index in [4.69, 9.17) is 21.1 Å². The Morgan fingerprint density at radius 3 is 2.56 bits per heavy atom. The molecule has 2 aromatic carbocycles. The molecule has 0 bridgehead atoms. The summed E-state index contributed by atoms with van der Waals surface area (Å²) in [4.78, 5) is 11.8. The minimum absolute atomic E-state index is 0.00275. The molecule has 1 N–H and O–H groups in total. The molecule has 0 aliphatic carbocycles. The van der Waals surface area contributed by atoms with E-state index in [0.717, 1.165) is 0 Å². The predicted molar refractivity (Wildman–Crippen MR) is 105 cm³/mol. The number of rotatable bonds is 10. The van der Waals surface area contributed by atoms with Crippen LogP contribution in [-0.2, 0) is 9.53 Å². The van der Waals surface area contributed by atoms with Crippen LogP contribution in [-0.4, -0.2) is 25.5 Å². The predicted octanol–water partition coefficient (Wildman–Crippen LogP) is 5.31. The Morgan fingerprint density at radius 1 is 1.22 bits per heavy atom. The summed E-state index contributed by atoms with van der Waals surface area (Å²) in [6.45, 7) is 3.92. The first-order valence-electron chi connectivity index (χ1n) is 8.93. The Balaban J connectivity index is 2.20. The zero-order chi connectivity index (χ0) is 19.8. The number of hydrogen-bond donors (Lipinski definition) is 1. The molecule has 0 amide bonds. The summed E-state index contributed by atoms with van der Waals surface area (Å²) < 4.78 is 25.7. The molecule has 2 rings (SSSR count). The third-order valence-corrected chi connectivity index (χ3v) is 4.45. The Labute approximate surface area is 164 Å². The van der Waals surface area contributed by atoms with Gasteiger partial charge in [0.2, 0.25) is 0 Å². The molecule has 0 heterocycles. The van der Waals surface area contributed by atoms with Gasteiger partial charge in [0.1, 0.15) is 12.4 Å². The highest BCUT2D eigenvalue weighted by Crippen LogP contribution is 2.36. The molecule has 0 aromatic heterocycles. The van der Waals surface area contributed by atoms with Crippen molar-refractivity contribution in [3.05, 3.63) is 58.9 Å². The summed E-state index contributed by atoms with van der Waals surface area (Å²) in [5, 5.41) is 3.52. The minimum atomic E-state index is -0.499. The molecule has 0 unspecified atom stereocenters. The van der Waals surface area contributed by atoms with Crippen LogP contribution in [0.1, 0.15) is 38.3 Å². The molecule has 0 radical (unpaired) electrons. The van der Waals surface area contributed by atoms with Crippen molar-refractivity contribution in [3.8, 4) is 11.5 Å². The van der Waals surface area contributed by atoms with E-state index in [1.165, 1.54) is 7.11 Å². The van der Waals surface area contributed by atoms with Crippen LogP contribution >= 0.6 is 11.6 Å². The molecule has 0 spiro atoms. The summed E-state index contributed by atoms with van der Waals surface area (Å²) in [7, 11) is 1.49. The number of para-hydroxylation sites is 1. The highest BCUT2D eigenvalue weighted by atomic mass is 35.5. The van der Waals surface area contributed by atoms with E-state index in [1.54, 1.807) is 36.4 Å². The molecule has 0 aliphatic rings. The average Bonchev–Trinajstić information content (AvgIpc) is 2.64. The van der Waals surface area contributed by atoms with Gasteiger partial charge in [-0.2, -0.15) is 0 Å². The third-order valence-electron chi connectivity index (χ3n) is 4.15. The van der Waals surface area contributed by atoms with Crippen molar-refractivity contribution in [2.24, 2.45) is 0 Å². The molecule has 0 fully saturated rings. The highest BCUT2D eigenvalue weighted by molar-refractivity contribution is 6.32. The van der Waals surface area contributed by atoms with Crippen molar-refractivity contribution >= 4 is 17.4 Å². The fourth-order valence-electron chi connectivity index (χ4n) is 2.91. The first-order valence-corrected chi connectivity index (χ1v) is 9.31. The third kappa shape index (κ3) is 6.03. The average molecular weight is 394 g/mol. The number of hydrogen-bond acceptors (Lipinski definition) is 4. The van der Waals surface area contributed by atoms with E-state index in [-0.39, 0.29) is 35.2 Å². The van der Waals surface area contributed by atoms with E-state index in [9.17, 15) is 4.79 Å². The molecule has 2 atom stereocenters. The van der Waals surface area contributed by atoms with Gasteiger partial charge in [0.15, 0.2) is 17.3 Å². The Morgan fingerprint density at radius 2 is 1.93 bits per heavy atom. The number of ether oxygens (including phenoxy) is 2. The summed E-state index contributed by atoms with van der Waals surface area (Å²) in [6, 6.07) is 11.8. The maximum Gasteiger partial charge on any atom is 0.181 e. The zero-order valence-electron chi connectivity index (χ0n) is 15.8. The van der Waals surface area contributed by atoms with Crippen LogP contribution in [0.25, 0.3) is 0 Å². The SMILES string of the molecule is CC[C@@H](N[C@@H](C)CC(=O)COC)c1ccc(Cl)c(Oc2ccccc2)c1F. The lowest BCUT2D eigenvalue weighted by atomic mass is 10.0. The second-order valence-electron chi connectivity index (χ2n) is 6.40. The number of carbonyl (C=O) groups is 1. The van der Waals surface area contributed by atoms with Gasteiger partial charge in [0.05, 0.1) is 5.02 Å². The van der Waals surface area contributed by atoms with E-state index in [0.29, 0.717) is 24.2 Å². The highest BCUT2D eigenvalue weighted by Gasteiger charge is 2.22. The molecule has 27 heavy (non-hydrogen) atoms. The van der Waals surface area contributed by atoms with Gasteiger partial charge in [-0.05, 0) is 31.5 Å². The molecule has 2 aromatic rings. The number of halogens is 2. The molecule has 146 valence electrons. The van der Waals surface area contributed by atoms with Crippen molar-refractivity contribution < 1.29 is 18.7 Å². The van der Waals surface area contributed by atoms with Gasteiger partial charge in [0.25, 0.3) is 0 Å². The Hall–Kier alpha value is -1.95. The first-order chi connectivity index (χ1) is 13.0. The summed E-state index contributed by atoms with van der Waals surface area (Å²) in [5.74, 6) is 0.0110. The standard InChI is InChI=1S/C21H25ClFNO3/c1-4-19(24-14(2)12-15(25)13-26-3)17-10-11-18(22)21(20(17)23)27-16-8-6-5-7-9-16/h5-11,14,19,24H,4,12-13H2,1-3H3/t14-,19+/m0/s1. The fraction of sp³-hybridized carbons (Fsp3) is 0.381. The minimum Gasteiger partial charge on any atom is -0.453 e. The van der Waals surface area contributed by atoms with Crippen molar-refractivity contribution in [2.75, 3.05) is 13.7 Å². The van der Waals surface area contributed by atoms with Crippen LogP contribution in [0.2, 0.25) is 5.02 Å². The van der Waals surface area contributed by atoms with Crippen molar-refractivity contribution in [1.29, 1.82) is 0 Å². The van der Waals surface area contributed by atoms with Crippen molar-refractivity contribution in [2.45, 2.75) is 38.8 Å². The molecular formula is C21H25ClFNO3.